The molecule has 4 nitrogen and oxygen atoms in total. The molecule has 2 heterocycles. The first-order chi connectivity index (χ1) is 13.7. The van der Waals surface area contributed by atoms with Gasteiger partial charge in [0, 0.05) is 46.3 Å². The molecule has 0 bridgehead atoms. The third-order valence-corrected chi connectivity index (χ3v) is 5.37. The Morgan fingerprint density at radius 1 is 0.857 bits per heavy atom. The van der Waals surface area contributed by atoms with Crippen molar-refractivity contribution in [3.8, 4) is 28.6 Å². The minimum absolute atomic E-state index is 0.215. The minimum Gasteiger partial charge on any atom is -0.497 e. The van der Waals surface area contributed by atoms with Crippen LogP contribution >= 0.6 is 0 Å². The molecular weight excluding hydrogens is 348 g/mol. The fourth-order valence-electron chi connectivity index (χ4n) is 3.87. The highest BCUT2D eigenvalue weighted by atomic mass is 16.5. The van der Waals surface area contributed by atoms with Crippen LogP contribution in [0.15, 0.2) is 79.0 Å². The maximum Gasteiger partial charge on any atom is 0.203 e. The Balaban J connectivity index is 1.66. The van der Waals surface area contributed by atoms with Crippen molar-refractivity contribution < 1.29 is 9.84 Å². The smallest absolute Gasteiger partial charge is 0.203 e. The van der Waals surface area contributed by atoms with Gasteiger partial charge in [-0.25, -0.2) is 0 Å². The third-order valence-electron chi connectivity index (χ3n) is 5.37. The van der Waals surface area contributed by atoms with Crippen LogP contribution in [0.3, 0.4) is 0 Å². The van der Waals surface area contributed by atoms with Gasteiger partial charge in [-0.1, -0.05) is 30.3 Å². The van der Waals surface area contributed by atoms with Crippen LogP contribution in [0, 0.1) is 0 Å². The van der Waals surface area contributed by atoms with Gasteiger partial charge >= 0.3 is 0 Å². The molecule has 2 aromatic heterocycles. The average molecular weight is 368 g/mol. The Kier molecular flexibility index (Phi) is 3.66. The van der Waals surface area contributed by atoms with E-state index in [0.29, 0.717) is 0 Å². The molecular formula is C24H20N2O2. The van der Waals surface area contributed by atoms with Gasteiger partial charge in [-0.15, -0.1) is 0 Å². The normalized spacial score (nSPS) is 11.4. The van der Waals surface area contributed by atoms with E-state index in [-0.39, 0.29) is 5.88 Å². The largest absolute Gasteiger partial charge is 0.497 e. The van der Waals surface area contributed by atoms with Crippen molar-refractivity contribution in [2.24, 2.45) is 7.05 Å². The quantitative estimate of drug-likeness (QED) is 0.456. The van der Waals surface area contributed by atoms with Crippen molar-refractivity contribution >= 4 is 21.7 Å². The molecule has 0 fully saturated rings. The first-order valence-corrected chi connectivity index (χ1v) is 9.19. The molecule has 1 N–H and O–H groups in total. The van der Waals surface area contributed by atoms with E-state index in [1.807, 2.05) is 41.1 Å². The highest BCUT2D eigenvalue weighted by molar-refractivity contribution is 5.92. The van der Waals surface area contributed by atoms with E-state index in [1.54, 1.807) is 7.11 Å². The molecule has 4 heteroatoms. The van der Waals surface area contributed by atoms with Gasteiger partial charge in [-0.2, -0.15) is 0 Å². The van der Waals surface area contributed by atoms with Crippen molar-refractivity contribution in [3.63, 3.8) is 0 Å². The van der Waals surface area contributed by atoms with E-state index in [0.717, 1.165) is 33.1 Å². The molecule has 0 unspecified atom stereocenters. The van der Waals surface area contributed by atoms with Crippen molar-refractivity contribution in [2.45, 2.75) is 0 Å². The van der Waals surface area contributed by atoms with Crippen molar-refractivity contribution in [1.82, 2.24) is 9.13 Å². The van der Waals surface area contributed by atoms with Gasteiger partial charge in [0.15, 0.2) is 0 Å². The highest BCUT2D eigenvalue weighted by Gasteiger charge is 2.13. The summed E-state index contributed by atoms with van der Waals surface area (Å²) in [7, 11) is 3.71. The number of aromatic hydroxyl groups is 1. The summed E-state index contributed by atoms with van der Waals surface area (Å²) < 4.78 is 9.30. The molecule has 5 aromatic rings. The molecule has 138 valence electrons. The van der Waals surface area contributed by atoms with Crippen LogP contribution in [-0.4, -0.2) is 21.4 Å². The van der Waals surface area contributed by atoms with E-state index >= 15 is 0 Å². The predicted octanol–water partition coefficient (Wildman–Crippen LogP) is 5.50. The van der Waals surface area contributed by atoms with Gasteiger partial charge < -0.3 is 14.4 Å². The first-order valence-electron chi connectivity index (χ1n) is 9.19. The first kappa shape index (κ1) is 16.5. The SMILES string of the molecule is COc1ccc2cn(-c3ccc4c(c3)cc(-c3ccccc3)n4C)c(O)c2c1. The van der Waals surface area contributed by atoms with Gasteiger partial charge in [0.2, 0.25) is 5.88 Å². The summed E-state index contributed by atoms with van der Waals surface area (Å²) in [4.78, 5) is 0. The second-order valence-electron chi connectivity index (χ2n) is 6.97. The second-order valence-corrected chi connectivity index (χ2v) is 6.97. The summed E-state index contributed by atoms with van der Waals surface area (Å²) in [5.41, 5.74) is 4.43. The lowest BCUT2D eigenvalue weighted by atomic mass is 10.1. The Hall–Kier alpha value is -3.66. The lowest BCUT2D eigenvalue weighted by molar-refractivity contribution is 0.414. The van der Waals surface area contributed by atoms with Crippen LogP contribution < -0.4 is 4.74 Å². The number of benzene rings is 3. The van der Waals surface area contributed by atoms with Crippen LogP contribution in [0.1, 0.15) is 0 Å². The second kappa shape index (κ2) is 6.20. The van der Waals surface area contributed by atoms with Gasteiger partial charge in [-0.3, -0.25) is 4.57 Å². The zero-order valence-corrected chi connectivity index (χ0v) is 15.8. The lowest BCUT2D eigenvalue weighted by Crippen LogP contribution is -1.93. The Morgan fingerprint density at radius 2 is 1.68 bits per heavy atom. The number of aromatic nitrogens is 2. The summed E-state index contributed by atoms with van der Waals surface area (Å²) in [6, 6.07) is 24.5. The van der Waals surface area contributed by atoms with Gasteiger partial charge in [-0.05, 0) is 48.0 Å². The molecule has 0 aliphatic heterocycles. The van der Waals surface area contributed by atoms with Gasteiger partial charge in [0.1, 0.15) is 5.75 Å². The number of hydrogen-bond donors (Lipinski definition) is 1. The summed E-state index contributed by atoms with van der Waals surface area (Å²) >= 11 is 0. The monoisotopic (exact) mass is 368 g/mol. The lowest BCUT2D eigenvalue weighted by Gasteiger charge is -2.06. The zero-order valence-electron chi connectivity index (χ0n) is 15.8. The molecule has 5 rings (SSSR count). The van der Waals surface area contributed by atoms with Crippen LogP contribution in [0.5, 0.6) is 11.6 Å². The van der Waals surface area contributed by atoms with Gasteiger partial charge in [0.05, 0.1) is 7.11 Å². The number of rotatable bonds is 3. The topological polar surface area (TPSA) is 39.3 Å². The van der Waals surface area contributed by atoms with Crippen molar-refractivity contribution in [1.29, 1.82) is 0 Å². The molecule has 0 atom stereocenters. The van der Waals surface area contributed by atoms with E-state index in [1.165, 1.54) is 11.3 Å². The predicted molar refractivity (Wildman–Crippen MR) is 113 cm³/mol. The fraction of sp³-hybridized carbons (Fsp3) is 0.0833. The van der Waals surface area contributed by atoms with Crippen molar-refractivity contribution in [3.05, 3.63) is 79.0 Å². The highest BCUT2D eigenvalue weighted by Crippen LogP contribution is 2.34. The summed E-state index contributed by atoms with van der Waals surface area (Å²) in [6.45, 7) is 0. The summed E-state index contributed by atoms with van der Waals surface area (Å²) in [6.07, 6.45) is 1.95. The number of hydrogen-bond acceptors (Lipinski definition) is 2. The number of methoxy groups -OCH3 is 1. The number of aryl methyl sites for hydroxylation is 1. The maximum atomic E-state index is 10.8. The molecule has 3 aromatic carbocycles. The Labute approximate surface area is 162 Å². The third kappa shape index (κ3) is 2.46. The molecule has 0 amide bonds. The van der Waals surface area contributed by atoms with E-state index in [9.17, 15) is 5.11 Å². The van der Waals surface area contributed by atoms with E-state index in [4.69, 9.17) is 4.74 Å². The van der Waals surface area contributed by atoms with Crippen LogP contribution in [0.25, 0.3) is 38.6 Å². The van der Waals surface area contributed by atoms with Crippen LogP contribution in [0.2, 0.25) is 0 Å². The standard InChI is InChI=1S/C24H20N2O2/c1-25-22-11-9-19(12-18(22)13-23(25)16-6-4-3-5-7-16)26-15-17-8-10-20(28-2)14-21(17)24(26)27/h3-15,27H,1-2H3. The number of nitrogens with zero attached hydrogens (tertiary/aromatic N) is 2. The molecule has 0 aliphatic rings. The zero-order chi connectivity index (χ0) is 19.3. The number of fused-ring (bicyclic) bond motifs is 2. The van der Waals surface area contributed by atoms with E-state index < -0.39 is 0 Å². The number of ether oxygens (including phenoxy) is 1. The average Bonchev–Trinajstić information content (AvgIpc) is 3.25. The fourth-order valence-corrected chi connectivity index (χ4v) is 3.87. The van der Waals surface area contributed by atoms with Crippen LogP contribution in [-0.2, 0) is 7.05 Å². The maximum absolute atomic E-state index is 10.8. The molecule has 0 saturated carbocycles. The summed E-state index contributed by atoms with van der Waals surface area (Å²) in [5.74, 6) is 0.944. The van der Waals surface area contributed by atoms with Crippen molar-refractivity contribution in [2.75, 3.05) is 7.11 Å². The molecule has 0 spiro atoms. The molecule has 0 radical (unpaired) electrons. The van der Waals surface area contributed by atoms with Gasteiger partial charge in [0.25, 0.3) is 0 Å². The van der Waals surface area contributed by atoms with E-state index in [2.05, 4.69) is 54.1 Å². The summed E-state index contributed by atoms with van der Waals surface area (Å²) in [5, 5.41) is 13.7. The minimum atomic E-state index is 0.215. The molecule has 0 aliphatic carbocycles. The Morgan fingerprint density at radius 3 is 2.46 bits per heavy atom. The molecule has 28 heavy (non-hydrogen) atoms. The van der Waals surface area contributed by atoms with Crippen LogP contribution in [0.4, 0.5) is 0 Å². The Bertz CT molecular complexity index is 1310. The molecule has 0 saturated heterocycles.